The summed E-state index contributed by atoms with van der Waals surface area (Å²) in [4.78, 5) is 4.58. The minimum Gasteiger partial charge on any atom is -0.385 e. The topological polar surface area (TPSA) is 63.5 Å². The molecule has 0 bridgehead atoms. The molecule has 6 nitrogen and oxygen atoms in total. The highest BCUT2D eigenvalue weighted by Crippen LogP contribution is 2.02. The van der Waals surface area contributed by atoms with Gasteiger partial charge in [-0.15, -0.1) is 0 Å². The molecule has 6 heteroatoms. The van der Waals surface area contributed by atoms with Crippen molar-refractivity contribution in [1.29, 1.82) is 0 Å². The first-order valence-electron chi connectivity index (χ1n) is 7.69. The Morgan fingerprint density at radius 2 is 2.14 bits per heavy atom. The molecule has 0 aliphatic heterocycles. The molecule has 1 aromatic rings. The summed E-state index contributed by atoms with van der Waals surface area (Å²) < 4.78 is 7.08. The Morgan fingerprint density at radius 3 is 2.76 bits per heavy atom. The second kappa shape index (κ2) is 10.2. The third kappa shape index (κ3) is 7.13. The van der Waals surface area contributed by atoms with Gasteiger partial charge in [-0.05, 0) is 39.7 Å². The minimum absolute atomic E-state index is 0.768. The van der Waals surface area contributed by atoms with Crippen LogP contribution in [0.3, 0.4) is 0 Å². The van der Waals surface area contributed by atoms with Crippen LogP contribution in [0.1, 0.15) is 31.2 Å². The molecule has 0 saturated heterocycles. The number of aryl methyl sites for hydroxylation is 3. The van der Waals surface area contributed by atoms with Gasteiger partial charge in [-0.3, -0.25) is 9.67 Å². The van der Waals surface area contributed by atoms with E-state index in [4.69, 9.17) is 4.74 Å². The highest BCUT2D eigenvalue weighted by atomic mass is 16.5. The zero-order valence-electron chi connectivity index (χ0n) is 13.8. The summed E-state index contributed by atoms with van der Waals surface area (Å²) in [5.74, 6) is 0.877. The molecule has 0 amide bonds. The van der Waals surface area contributed by atoms with Gasteiger partial charge in [-0.25, -0.2) is 0 Å². The Kier molecular flexibility index (Phi) is 8.50. The van der Waals surface area contributed by atoms with Gasteiger partial charge in [0.25, 0.3) is 0 Å². The molecule has 2 N–H and O–H groups in total. The number of guanidine groups is 1. The molecule has 1 heterocycles. The first-order chi connectivity index (χ1) is 10.2. The molecule has 0 unspecified atom stereocenters. The van der Waals surface area contributed by atoms with Gasteiger partial charge >= 0.3 is 0 Å². The summed E-state index contributed by atoms with van der Waals surface area (Å²) in [6.07, 6.45) is 1.96. The van der Waals surface area contributed by atoms with Crippen LogP contribution in [0.2, 0.25) is 0 Å². The van der Waals surface area contributed by atoms with Crippen molar-refractivity contribution >= 4 is 5.96 Å². The van der Waals surface area contributed by atoms with Gasteiger partial charge in [0.1, 0.15) is 0 Å². The number of methoxy groups -OCH3 is 1. The maximum absolute atomic E-state index is 5.03. The highest BCUT2D eigenvalue weighted by molar-refractivity contribution is 5.79. The van der Waals surface area contributed by atoms with Crippen molar-refractivity contribution in [3.05, 3.63) is 17.5 Å². The fraction of sp³-hybridized carbons (Fsp3) is 0.733. The van der Waals surface area contributed by atoms with Gasteiger partial charge in [0.15, 0.2) is 5.96 Å². The molecule has 0 aliphatic rings. The maximum atomic E-state index is 5.03. The molecule has 1 aromatic heterocycles. The van der Waals surface area contributed by atoms with Gasteiger partial charge < -0.3 is 15.4 Å². The quantitative estimate of drug-likeness (QED) is 0.411. The van der Waals surface area contributed by atoms with Crippen LogP contribution < -0.4 is 10.6 Å². The maximum Gasteiger partial charge on any atom is 0.191 e. The zero-order chi connectivity index (χ0) is 15.5. The van der Waals surface area contributed by atoms with Crippen molar-refractivity contribution in [2.75, 3.05) is 33.4 Å². The summed E-state index contributed by atoms with van der Waals surface area (Å²) in [6.45, 7) is 10.4. The van der Waals surface area contributed by atoms with Crippen molar-refractivity contribution in [2.24, 2.45) is 4.99 Å². The third-order valence-electron chi connectivity index (χ3n) is 3.06. The van der Waals surface area contributed by atoms with E-state index < -0.39 is 0 Å². The van der Waals surface area contributed by atoms with E-state index in [2.05, 4.69) is 40.6 Å². The molecular formula is C15H29N5O. The lowest BCUT2D eigenvalue weighted by Crippen LogP contribution is -2.38. The summed E-state index contributed by atoms with van der Waals surface area (Å²) in [5.41, 5.74) is 2.28. The molecule has 0 radical (unpaired) electrons. The number of rotatable bonds is 9. The van der Waals surface area contributed by atoms with E-state index in [0.29, 0.717) is 0 Å². The SMILES string of the molecule is CCNC(=NCCCn1nc(C)cc1C)NCCCOC. The zero-order valence-corrected chi connectivity index (χ0v) is 13.8. The Bertz CT molecular complexity index is 428. The van der Waals surface area contributed by atoms with E-state index in [9.17, 15) is 0 Å². The fourth-order valence-corrected chi connectivity index (χ4v) is 2.08. The van der Waals surface area contributed by atoms with E-state index in [1.165, 1.54) is 5.69 Å². The van der Waals surface area contributed by atoms with Crippen molar-refractivity contribution in [3.8, 4) is 0 Å². The van der Waals surface area contributed by atoms with Crippen molar-refractivity contribution < 1.29 is 4.74 Å². The first kappa shape index (κ1) is 17.5. The largest absolute Gasteiger partial charge is 0.385 e. The number of hydrogen-bond acceptors (Lipinski definition) is 3. The van der Waals surface area contributed by atoms with Crippen LogP contribution in [0, 0.1) is 13.8 Å². The van der Waals surface area contributed by atoms with E-state index in [1.807, 2.05) is 11.6 Å². The Balaban J connectivity index is 2.31. The third-order valence-corrected chi connectivity index (χ3v) is 3.06. The average molecular weight is 295 g/mol. The molecule has 0 spiro atoms. The molecule has 0 fully saturated rings. The number of nitrogens with zero attached hydrogens (tertiary/aromatic N) is 3. The van der Waals surface area contributed by atoms with Crippen LogP contribution in [0.4, 0.5) is 0 Å². The predicted octanol–water partition coefficient (Wildman–Crippen LogP) is 1.48. The summed E-state index contributed by atoms with van der Waals surface area (Å²) in [5, 5.41) is 11.0. The van der Waals surface area contributed by atoms with Gasteiger partial charge in [0.2, 0.25) is 0 Å². The monoisotopic (exact) mass is 295 g/mol. The Hall–Kier alpha value is -1.56. The normalized spacial score (nSPS) is 11.7. The molecule has 0 atom stereocenters. The average Bonchev–Trinajstić information content (AvgIpc) is 2.77. The molecular weight excluding hydrogens is 266 g/mol. The summed E-state index contributed by atoms with van der Waals surface area (Å²) >= 11 is 0. The fourth-order valence-electron chi connectivity index (χ4n) is 2.08. The van der Waals surface area contributed by atoms with Gasteiger partial charge in [0.05, 0.1) is 5.69 Å². The molecule has 0 aliphatic carbocycles. The number of ether oxygens (including phenoxy) is 1. The number of aromatic nitrogens is 2. The Morgan fingerprint density at radius 1 is 1.33 bits per heavy atom. The minimum atomic E-state index is 0.768. The molecule has 120 valence electrons. The predicted molar refractivity (Wildman–Crippen MR) is 86.8 cm³/mol. The van der Waals surface area contributed by atoms with Crippen LogP contribution in [0.25, 0.3) is 0 Å². The number of hydrogen-bond donors (Lipinski definition) is 2. The van der Waals surface area contributed by atoms with Crippen LogP contribution in [0.5, 0.6) is 0 Å². The van der Waals surface area contributed by atoms with Crippen molar-refractivity contribution in [2.45, 2.75) is 40.2 Å². The second-order valence-corrected chi connectivity index (χ2v) is 5.04. The molecule has 1 rings (SSSR count). The molecule has 0 saturated carbocycles. The molecule has 21 heavy (non-hydrogen) atoms. The second-order valence-electron chi connectivity index (χ2n) is 5.04. The lowest BCUT2D eigenvalue weighted by molar-refractivity contribution is 0.195. The van der Waals surface area contributed by atoms with Crippen molar-refractivity contribution in [3.63, 3.8) is 0 Å². The van der Waals surface area contributed by atoms with Gasteiger partial charge in [0, 0.05) is 45.6 Å². The van der Waals surface area contributed by atoms with Crippen LogP contribution in [-0.4, -0.2) is 49.1 Å². The lowest BCUT2D eigenvalue weighted by Gasteiger charge is -2.11. The smallest absolute Gasteiger partial charge is 0.191 e. The summed E-state index contributed by atoms with van der Waals surface area (Å²) in [7, 11) is 1.72. The van der Waals surface area contributed by atoms with E-state index in [1.54, 1.807) is 7.11 Å². The number of nitrogens with one attached hydrogen (secondary N) is 2. The Labute approximate surface area is 128 Å². The standard InChI is InChI=1S/C15H29N5O/c1-5-16-15(18-9-7-11-21-4)17-8-6-10-20-14(3)12-13(2)19-20/h12H,5-11H2,1-4H3,(H2,16,17,18). The highest BCUT2D eigenvalue weighted by Gasteiger charge is 2.00. The van der Waals surface area contributed by atoms with Gasteiger partial charge in [-0.1, -0.05) is 0 Å². The van der Waals surface area contributed by atoms with E-state index >= 15 is 0 Å². The molecule has 0 aromatic carbocycles. The lowest BCUT2D eigenvalue weighted by atomic mass is 10.4. The van der Waals surface area contributed by atoms with E-state index in [0.717, 1.165) is 57.3 Å². The summed E-state index contributed by atoms with van der Waals surface area (Å²) in [6, 6.07) is 2.10. The van der Waals surface area contributed by atoms with Gasteiger partial charge in [-0.2, -0.15) is 5.10 Å². The first-order valence-corrected chi connectivity index (χ1v) is 7.69. The van der Waals surface area contributed by atoms with E-state index in [-0.39, 0.29) is 0 Å². The van der Waals surface area contributed by atoms with Crippen molar-refractivity contribution in [1.82, 2.24) is 20.4 Å². The van der Waals surface area contributed by atoms with Crippen LogP contribution in [-0.2, 0) is 11.3 Å². The van der Waals surface area contributed by atoms with Crippen LogP contribution >= 0.6 is 0 Å². The van der Waals surface area contributed by atoms with Crippen LogP contribution in [0.15, 0.2) is 11.1 Å². The number of aliphatic imine (C=N–C) groups is 1.